The van der Waals surface area contributed by atoms with Crippen LogP contribution in [0.5, 0.6) is 5.75 Å². The van der Waals surface area contributed by atoms with Crippen LogP contribution in [0.3, 0.4) is 0 Å². The third-order valence-electron chi connectivity index (χ3n) is 7.91. The lowest BCUT2D eigenvalue weighted by molar-refractivity contribution is -0.161. The van der Waals surface area contributed by atoms with E-state index in [4.69, 9.17) is 37.9 Å². The molecule has 5 atom stereocenters. The number of carbonyl (C=O) groups is 1. The van der Waals surface area contributed by atoms with Gasteiger partial charge in [0.1, 0.15) is 19.3 Å². The van der Waals surface area contributed by atoms with Gasteiger partial charge in [0.25, 0.3) is 0 Å². The van der Waals surface area contributed by atoms with Crippen LogP contribution in [0.15, 0.2) is 48.1 Å². The minimum absolute atomic E-state index is 0.0532. The fourth-order valence-electron chi connectivity index (χ4n) is 5.15. The van der Waals surface area contributed by atoms with E-state index in [2.05, 4.69) is 36.4 Å². The molecule has 1 aliphatic rings. The largest absolute Gasteiger partial charge is 0.497 e. The van der Waals surface area contributed by atoms with Crippen molar-refractivity contribution in [1.82, 2.24) is 0 Å². The first-order chi connectivity index (χ1) is 20.7. The van der Waals surface area contributed by atoms with E-state index in [1.807, 2.05) is 30.3 Å². The van der Waals surface area contributed by atoms with E-state index in [0.29, 0.717) is 30.5 Å². The normalized spacial score (nSPS) is 20.9. The molecule has 0 aliphatic carbocycles. The van der Waals surface area contributed by atoms with E-state index in [0.717, 1.165) is 49.0 Å². The van der Waals surface area contributed by atoms with E-state index < -0.39 is 5.60 Å². The molecule has 0 N–H and O–H groups in total. The maximum absolute atomic E-state index is 12.0. The second-order valence-electron chi connectivity index (χ2n) is 11.1. The highest BCUT2D eigenvalue weighted by atomic mass is 79.9. The topological polar surface area (TPSA) is 90.9 Å². The predicted octanol–water partition coefficient (Wildman–Crippen LogP) is 6.37. The number of rotatable bonds is 22. The summed E-state index contributed by atoms with van der Waals surface area (Å²) in [6, 6.07) is 7.86. The first kappa shape index (κ1) is 37.4. The van der Waals surface area contributed by atoms with Crippen molar-refractivity contribution < 1.29 is 42.7 Å². The summed E-state index contributed by atoms with van der Waals surface area (Å²) in [7, 11) is 6.25. The predicted molar refractivity (Wildman–Crippen MR) is 169 cm³/mol. The SMILES string of the molecule is C=C(CCC[C@H](C)[C@H](COCc1ccc(OC)cc1)OCOC)[C@H]1CC[C@@](C)([C@@H](C/C=C(\CBr)C(=O)OC)OCOC)O1. The molecule has 10 heteroatoms. The van der Waals surface area contributed by atoms with Gasteiger partial charge < -0.3 is 37.9 Å². The van der Waals surface area contributed by atoms with E-state index in [1.165, 1.54) is 7.11 Å². The fourth-order valence-corrected chi connectivity index (χ4v) is 5.60. The molecule has 0 amide bonds. The van der Waals surface area contributed by atoms with Gasteiger partial charge in [-0.15, -0.1) is 0 Å². The summed E-state index contributed by atoms with van der Waals surface area (Å²) in [5, 5.41) is 0.401. The Kier molecular flexibility index (Phi) is 17.6. The van der Waals surface area contributed by atoms with Crippen LogP contribution in [0.4, 0.5) is 0 Å². The highest BCUT2D eigenvalue weighted by Crippen LogP contribution is 2.39. The molecule has 1 heterocycles. The number of hydrogen-bond donors (Lipinski definition) is 0. The lowest BCUT2D eigenvalue weighted by Crippen LogP contribution is -2.41. The summed E-state index contributed by atoms with van der Waals surface area (Å²) >= 11 is 3.36. The van der Waals surface area contributed by atoms with Crippen LogP contribution in [0.25, 0.3) is 0 Å². The number of hydrogen-bond acceptors (Lipinski definition) is 9. The molecule has 1 aromatic rings. The van der Waals surface area contributed by atoms with Gasteiger partial charge in [-0.3, -0.25) is 0 Å². The molecule has 0 unspecified atom stereocenters. The zero-order valence-corrected chi connectivity index (χ0v) is 28.3. The van der Waals surface area contributed by atoms with Crippen LogP contribution in [0.1, 0.15) is 57.9 Å². The maximum Gasteiger partial charge on any atom is 0.334 e. The Morgan fingerprint density at radius 3 is 2.47 bits per heavy atom. The Morgan fingerprint density at radius 1 is 1.14 bits per heavy atom. The molecule has 0 bridgehead atoms. The maximum atomic E-state index is 12.0. The number of methoxy groups -OCH3 is 4. The number of carbonyl (C=O) groups excluding carboxylic acids is 1. The molecule has 1 aromatic carbocycles. The molecule has 1 fully saturated rings. The average molecular weight is 672 g/mol. The van der Waals surface area contributed by atoms with Crippen molar-refractivity contribution in [3.8, 4) is 5.75 Å². The average Bonchev–Trinajstić information content (AvgIpc) is 3.43. The molecule has 9 nitrogen and oxygen atoms in total. The molecule has 0 spiro atoms. The van der Waals surface area contributed by atoms with E-state index in [9.17, 15) is 4.79 Å². The number of halogens is 1. The van der Waals surface area contributed by atoms with E-state index in [-0.39, 0.29) is 43.8 Å². The van der Waals surface area contributed by atoms with Crippen molar-refractivity contribution in [2.75, 3.05) is 54.0 Å². The fraction of sp³-hybridized carbons (Fsp3) is 0.667. The first-order valence-corrected chi connectivity index (χ1v) is 15.9. The van der Waals surface area contributed by atoms with Crippen LogP contribution in [-0.2, 0) is 44.6 Å². The smallest absolute Gasteiger partial charge is 0.334 e. The van der Waals surface area contributed by atoms with Gasteiger partial charge >= 0.3 is 5.97 Å². The Labute approximate surface area is 266 Å². The number of ether oxygens (including phenoxy) is 8. The molecule has 0 aromatic heterocycles. The summed E-state index contributed by atoms with van der Waals surface area (Å²) in [5.41, 5.74) is 2.17. The third-order valence-corrected chi connectivity index (χ3v) is 8.51. The molecule has 1 saturated heterocycles. The Morgan fingerprint density at radius 2 is 1.84 bits per heavy atom. The summed E-state index contributed by atoms with van der Waals surface area (Å²) in [5.74, 6) is 0.730. The Hall–Kier alpha value is -1.79. The zero-order valence-electron chi connectivity index (χ0n) is 26.7. The van der Waals surface area contributed by atoms with Crippen molar-refractivity contribution in [3.05, 3.63) is 53.6 Å². The first-order valence-electron chi connectivity index (χ1n) is 14.8. The van der Waals surface area contributed by atoms with Crippen molar-refractivity contribution >= 4 is 21.9 Å². The molecule has 2 rings (SSSR count). The minimum Gasteiger partial charge on any atom is -0.497 e. The van der Waals surface area contributed by atoms with Crippen molar-refractivity contribution in [2.24, 2.45) is 5.92 Å². The van der Waals surface area contributed by atoms with Crippen LogP contribution >= 0.6 is 15.9 Å². The number of benzene rings is 1. The highest BCUT2D eigenvalue weighted by molar-refractivity contribution is 9.09. The van der Waals surface area contributed by atoms with Gasteiger partial charge in [-0.1, -0.05) is 47.6 Å². The minimum atomic E-state index is -0.538. The number of esters is 1. The third kappa shape index (κ3) is 12.6. The van der Waals surface area contributed by atoms with Gasteiger partial charge in [-0.2, -0.15) is 0 Å². The molecule has 244 valence electrons. The van der Waals surface area contributed by atoms with E-state index in [1.54, 1.807) is 21.3 Å². The molecule has 43 heavy (non-hydrogen) atoms. The Balaban J connectivity index is 1.87. The van der Waals surface area contributed by atoms with Crippen LogP contribution < -0.4 is 4.74 Å². The van der Waals surface area contributed by atoms with Gasteiger partial charge in [0, 0.05) is 25.1 Å². The van der Waals surface area contributed by atoms with Crippen LogP contribution in [0.2, 0.25) is 0 Å². The van der Waals surface area contributed by atoms with Crippen LogP contribution in [-0.4, -0.2) is 83.8 Å². The molecule has 0 radical (unpaired) electrons. The van der Waals surface area contributed by atoms with Gasteiger partial charge in [0.15, 0.2) is 0 Å². The standard InChI is InChI=1S/C33H51BrO9/c1-24(29-17-18-33(3,43-29)31(42-23-37-5)16-13-27(19-34)32(35)39-7)9-8-10-25(2)30(41-22-36-4)21-40-20-26-11-14-28(38-6)15-12-26/h11-15,25,29-31H,1,8-10,16-23H2,2-7H3/b27-13+/t25-,29+,30-,31+,33-/m0/s1. The van der Waals surface area contributed by atoms with E-state index >= 15 is 0 Å². The second-order valence-corrected chi connectivity index (χ2v) is 11.7. The number of alkyl halides is 1. The second kappa shape index (κ2) is 20.3. The van der Waals surface area contributed by atoms with Gasteiger partial charge in [0.05, 0.1) is 51.3 Å². The molecular formula is C33H51BrO9. The van der Waals surface area contributed by atoms with Gasteiger partial charge in [-0.25, -0.2) is 4.79 Å². The monoisotopic (exact) mass is 670 g/mol. The molecule has 0 saturated carbocycles. The van der Waals surface area contributed by atoms with Crippen molar-refractivity contribution in [2.45, 2.75) is 82.9 Å². The molecular weight excluding hydrogens is 620 g/mol. The quantitative estimate of drug-likeness (QED) is 0.0459. The summed E-state index contributed by atoms with van der Waals surface area (Å²) in [6.45, 7) is 9.96. The lowest BCUT2D eigenvalue weighted by atomic mass is 9.91. The van der Waals surface area contributed by atoms with Gasteiger partial charge in [0.2, 0.25) is 0 Å². The van der Waals surface area contributed by atoms with Gasteiger partial charge in [-0.05, 0) is 74.6 Å². The highest BCUT2D eigenvalue weighted by Gasteiger charge is 2.43. The summed E-state index contributed by atoms with van der Waals surface area (Å²) in [6.07, 6.45) is 6.37. The van der Waals surface area contributed by atoms with Crippen molar-refractivity contribution in [3.63, 3.8) is 0 Å². The lowest BCUT2D eigenvalue weighted by Gasteiger charge is -2.34. The zero-order chi connectivity index (χ0) is 31.7. The summed E-state index contributed by atoms with van der Waals surface area (Å²) < 4.78 is 45.0. The van der Waals surface area contributed by atoms with Crippen LogP contribution in [0, 0.1) is 5.92 Å². The Bertz CT molecular complexity index is 983. The molecule has 1 aliphatic heterocycles. The van der Waals surface area contributed by atoms with Crippen molar-refractivity contribution in [1.29, 1.82) is 0 Å². The summed E-state index contributed by atoms with van der Waals surface area (Å²) in [4.78, 5) is 12.0.